The van der Waals surface area contributed by atoms with E-state index in [1.54, 1.807) is 0 Å². The standard InChI is InChI=1S/C4H10OS2/c1-4(2,3)7(5)6/h1-3H3,(H,5,6). The molecule has 44 valence electrons. The van der Waals surface area contributed by atoms with Gasteiger partial charge in [0.1, 0.15) is 0 Å². The molecule has 3 heteroatoms. The lowest BCUT2D eigenvalue weighted by Crippen LogP contribution is -2.19. The molecule has 0 aromatic heterocycles. The quantitative estimate of drug-likeness (QED) is 0.545. The second kappa shape index (κ2) is 2.20. The first-order valence-corrected chi connectivity index (χ1v) is 4.16. The monoisotopic (exact) mass is 138 g/mol. The van der Waals surface area contributed by atoms with Crippen LogP contribution in [0.4, 0.5) is 0 Å². The Kier molecular flexibility index (Phi) is 2.37. The van der Waals surface area contributed by atoms with Crippen LogP contribution in [0, 0.1) is 0 Å². The summed E-state index contributed by atoms with van der Waals surface area (Å²) < 4.78 is 8.63. The van der Waals surface area contributed by atoms with Crippen molar-refractivity contribution in [2.24, 2.45) is 0 Å². The Hall–Kier alpha value is 0.530. The minimum atomic E-state index is -0.850. The molecule has 7 heavy (non-hydrogen) atoms. The third kappa shape index (κ3) is 3.14. The minimum absolute atomic E-state index is 0.102. The highest BCUT2D eigenvalue weighted by atomic mass is 32.8. The fraction of sp³-hybridized carbons (Fsp3) is 1.00. The third-order valence-corrected chi connectivity index (χ3v) is 3.07. The highest BCUT2D eigenvalue weighted by Gasteiger charge is 2.11. The molecule has 0 bridgehead atoms. The molecule has 0 aliphatic carbocycles. The molecule has 0 amide bonds. The molecule has 1 unspecified atom stereocenters. The van der Waals surface area contributed by atoms with Crippen LogP contribution in [0.1, 0.15) is 20.8 Å². The fourth-order valence-electron chi connectivity index (χ4n) is 0. The predicted octanol–water partition coefficient (Wildman–Crippen LogP) is 1.34. The average Bonchev–Trinajstić information content (AvgIpc) is 1.31. The molecule has 0 aromatic rings. The maximum Gasteiger partial charge on any atom is 0.0363 e. The Morgan fingerprint density at radius 1 is 1.43 bits per heavy atom. The van der Waals surface area contributed by atoms with Crippen molar-refractivity contribution in [3.63, 3.8) is 0 Å². The summed E-state index contributed by atoms with van der Waals surface area (Å²) in [5.41, 5.74) is 0. The van der Waals surface area contributed by atoms with E-state index in [9.17, 15) is 0 Å². The SMILES string of the molecule is CC(C)(C)S(O)=S. The van der Waals surface area contributed by atoms with E-state index in [1.807, 2.05) is 20.8 Å². The summed E-state index contributed by atoms with van der Waals surface area (Å²) in [5, 5.41) is 0. The summed E-state index contributed by atoms with van der Waals surface area (Å²) in [4.78, 5) is 0. The largest absolute Gasteiger partial charge is 0.327 e. The molecule has 0 fully saturated rings. The Balaban J connectivity index is 3.79. The van der Waals surface area contributed by atoms with Crippen LogP contribution in [0.15, 0.2) is 0 Å². The zero-order chi connectivity index (χ0) is 6.08. The Bertz CT molecular complexity index is 82.2. The molecule has 1 atom stereocenters. The maximum atomic E-state index is 8.73. The molecule has 0 aromatic carbocycles. The van der Waals surface area contributed by atoms with Crippen LogP contribution in [-0.2, 0) is 20.9 Å². The molecule has 0 saturated heterocycles. The first-order valence-electron chi connectivity index (χ1n) is 2.05. The van der Waals surface area contributed by atoms with Gasteiger partial charge in [-0.2, -0.15) is 0 Å². The van der Waals surface area contributed by atoms with Crippen LogP contribution in [0.25, 0.3) is 0 Å². The van der Waals surface area contributed by atoms with Crippen molar-refractivity contribution >= 4 is 20.9 Å². The zero-order valence-corrected chi connectivity index (χ0v) is 6.40. The van der Waals surface area contributed by atoms with Crippen molar-refractivity contribution in [3.05, 3.63) is 0 Å². The zero-order valence-electron chi connectivity index (χ0n) is 4.76. The molecule has 1 nitrogen and oxygen atoms in total. The molecule has 1 N–H and O–H groups in total. The van der Waals surface area contributed by atoms with Crippen molar-refractivity contribution in [3.8, 4) is 0 Å². The Labute approximate surface area is 51.5 Å². The van der Waals surface area contributed by atoms with E-state index in [4.69, 9.17) is 4.55 Å². The molecular formula is C4H10OS2. The van der Waals surface area contributed by atoms with Gasteiger partial charge < -0.3 is 4.55 Å². The van der Waals surface area contributed by atoms with Gasteiger partial charge in [-0.1, -0.05) is 0 Å². The molecule has 0 radical (unpaired) electrons. The van der Waals surface area contributed by atoms with Crippen LogP contribution in [-0.4, -0.2) is 9.30 Å². The van der Waals surface area contributed by atoms with Crippen LogP contribution in [0.5, 0.6) is 0 Å². The summed E-state index contributed by atoms with van der Waals surface area (Å²) in [7, 11) is -0.850. The van der Waals surface area contributed by atoms with E-state index in [0.717, 1.165) is 0 Å². The summed E-state index contributed by atoms with van der Waals surface area (Å²) in [6.07, 6.45) is 0. The van der Waals surface area contributed by atoms with E-state index in [1.165, 1.54) is 0 Å². The van der Waals surface area contributed by atoms with Gasteiger partial charge in [-0.25, -0.2) is 0 Å². The number of rotatable bonds is 0. The van der Waals surface area contributed by atoms with Gasteiger partial charge in [-0.3, -0.25) is 0 Å². The van der Waals surface area contributed by atoms with Crippen molar-refractivity contribution in [2.45, 2.75) is 25.5 Å². The van der Waals surface area contributed by atoms with Crippen LogP contribution in [0.2, 0.25) is 0 Å². The van der Waals surface area contributed by atoms with Crippen LogP contribution >= 0.6 is 0 Å². The molecule has 0 aliphatic rings. The van der Waals surface area contributed by atoms with Gasteiger partial charge in [-0.15, -0.1) is 0 Å². The molecule has 0 rings (SSSR count). The topological polar surface area (TPSA) is 20.2 Å². The highest BCUT2D eigenvalue weighted by molar-refractivity contribution is 8.26. The van der Waals surface area contributed by atoms with Gasteiger partial charge in [-0.05, 0) is 32.0 Å². The summed E-state index contributed by atoms with van der Waals surface area (Å²) in [6.45, 7) is 5.76. The fourth-order valence-corrected chi connectivity index (χ4v) is 0. The predicted molar refractivity (Wildman–Crippen MR) is 37.1 cm³/mol. The first kappa shape index (κ1) is 7.53. The first-order chi connectivity index (χ1) is 2.94. The minimum Gasteiger partial charge on any atom is -0.327 e. The number of hydrogen-bond donors (Lipinski definition) is 1. The van der Waals surface area contributed by atoms with Crippen molar-refractivity contribution in [1.82, 2.24) is 0 Å². The lowest BCUT2D eigenvalue weighted by atomic mass is 10.3. The van der Waals surface area contributed by atoms with E-state index in [-0.39, 0.29) is 4.75 Å². The van der Waals surface area contributed by atoms with Gasteiger partial charge >= 0.3 is 0 Å². The highest BCUT2D eigenvalue weighted by Crippen LogP contribution is 2.07. The van der Waals surface area contributed by atoms with Gasteiger partial charge in [0.2, 0.25) is 0 Å². The van der Waals surface area contributed by atoms with Crippen molar-refractivity contribution in [1.29, 1.82) is 0 Å². The maximum absolute atomic E-state index is 8.73. The normalized spacial score (nSPS) is 16.6. The molecule has 0 spiro atoms. The lowest BCUT2D eigenvalue weighted by molar-refractivity contribution is 0.615. The van der Waals surface area contributed by atoms with Gasteiger partial charge in [0.15, 0.2) is 0 Å². The van der Waals surface area contributed by atoms with E-state index >= 15 is 0 Å². The van der Waals surface area contributed by atoms with Gasteiger partial charge in [0.25, 0.3) is 0 Å². The van der Waals surface area contributed by atoms with E-state index in [2.05, 4.69) is 11.2 Å². The summed E-state index contributed by atoms with van der Waals surface area (Å²) >= 11 is 4.60. The molecule has 0 aliphatic heterocycles. The smallest absolute Gasteiger partial charge is 0.0363 e. The second-order valence-electron chi connectivity index (χ2n) is 2.36. The van der Waals surface area contributed by atoms with Gasteiger partial charge in [0, 0.05) is 14.5 Å². The lowest BCUT2D eigenvalue weighted by Gasteiger charge is -2.14. The number of hydrogen-bond acceptors (Lipinski definition) is 1. The van der Waals surface area contributed by atoms with Crippen molar-refractivity contribution < 1.29 is 4.55 Å². The van der Waals surface area contributed by atoms with E-state index < -0.39 is 9.74 Å². The molecule has 0 heterocycles. The average molecular weight is 138 g/mol. The summed E-state index contributed by atoms with van der Waals surface area (Å²) in [6, 6.07) is 0. The second-order valence-corrected chi connectivity index (χ2v) is 5.03. The summed E-state index contributed by atoms with van der Waals surface area (Å²) in [5.74, 6) is 0. The van der Waals surface area contributed by atoms with Crippen LogP contribution < -0.4 is 0 Å². The Morgan fingerprint density at radius 3 is 1.57 bits per heavy atom. The Morgan fingerprint density at radius 2 is 1.57 bits per heavy atom. The van der Waals surface area contributed by atoms with Crippen LogP contribution in [0.3, 0.4) is 0 Å². The molecular weight excluding hydrogens is 128 g/mol. The third-order valence-electron chi connectivity index (χ3n) is 0.524. The molecule has 0 saturated carbocycles. The van der Waals surface area contributed by atoms with Crippen molar-refractivity contribution in [2.75, 3.05) is 0 Å². The van der Waals surface area contributed by atoms with Gasteiger partial charge in [0.05, 0.1) is 0 Å². The van der Waals surface area contributed by atoms with E-state index in [0.29, 0.717) is 0 Å².